The fraction of sp³-hybridized carbons (Fsp3) is 0.308. The van der Waals surface area contributed by atoms with Crippen LogP contribution >= 0.6 is 0 Å². The summed E-state index contributed by atoms with van der Waals surface area (Å²) in [6, 6.07) is 3.73. The van der Waals surface area contributed by atoms with Gasteiger partial charge in [-0.2, -0.15) is 0 Å². The number of hydrogen-bond donors (Lipinski definition) is 1. The highest BCUT2D eigenvalue weighted by atomic mass is 16.3. The van der Waals surface area contributed by atoms with Gasteiger partial charge < -0.3 is 5.11 Å². The van der Waals surface area contributed by atoms with Gasteiger partial charge in [0.25, 0.3) is 0 Å². The van der Waals surface area contributed by atoms with Crippen molar-refractivity contribution in [1.82, 2.24) is 0 Å². The fourth-order valence-electron chi connectivity index (χ4n) is 1.65. The van der Waals surface area contributed by atoms with Crippen LogP contribution < -0.4 is 0 Å². The van der Waals surface area contributed by atoms with E-state index in [1.165, 1.54) is 6.92 Å². The van der Waals surface area contributed by atoms with Crippen LogP contribution in [-0.4, -0.2) is 10.9 Å². The third-order valence-corrected chi connectivity index (χ3v) is 2.37. The molecule has 1 rings (SSSR count). The highest BCUT2D eigenvalue weighted by Crippen LogP contribution is 2.28. The Hall–Kier alpha value is -1.57. The van der Waals surface area contributed by atoms with E-state index in [1.54, 1.807) is 6.08 Å². The lowest BCUT2D eigenvalue weighted by molar-refractivity contribution is 0.101. The first-order chi connectivity index (χ1) is 7.11. The lowest BCUT2D eigenvalue weighted by atomic mass is 9.97. The molecule has 80 valence electrons. The molecule has 0 saturated carbocycles. The molecule has 15 heavy (non-hydrogen) atoms. The summed E-state index contributed by atoms with van der Waals surface area (Å²) in [6.07, 6.45) is 4.38. The van der Waals surface area contributed by atoms with Gasteiger partial charge in [0, 0.05) is 5.56 Å². The zero-order valence-electron chi connectivity index (χ0n) is 9.37. The van der Waals surface area contributed by atoms with E-state index in [9.17, 15) is 9.90 Å². The third kappa shape index (κ3) is 2.27. The zero-order chi connectivity index (χ0) is 11.4. The highest BCUT2D eigenvalue weighted by molar-refractivity contribution is 5.99. The van der Waals surface area contributed by atoms with Crippen LogP contribution in [0.2, 0.25) is 0 Å². The maximum atomic E-state index is 11.4. The van der Waals surface area contributed by atoms with Crippen molar-refractivity contribution in [2.24, 2.45) is 0 Å². The van der Waals surface area contributed by atoms with Gasteiger partial charge in [-0.25, -0.2) is 0 Å². The van der Waals surface area contributed by atoms with Crippen molar-refractivity contribution in [1.29, 1.82) is 0 Å². The van der Waals surface area contributed by atoms with Crippen molar-refractivity contribution >= 4 is 11.9 Å². The molecule has 0 bridgehead atoms. The summed E-state index contributed by atoms with van der Waals surface area (Å²) in [7, 11) is 0. The molecule has 0 aliphatic rings. The van der Waals surface area contributed by atoms with E-state index in [0.717, 1.165) is 12.0 Å². The standard InChI is InChI=1S/C13H16O2/c1-4-6-11-8-7-10(5-2)12(9(3)14)13(11)15/h4,6-8,15H,5H2,1-3H3/b6-4+. The number of aryl methyl sites for hydroxylation is 1. The summed E-state index contributed by atoms with van der Waals surface area (Å²) < 4.78 is 0. The molecular weight excluding hydrogens is 188 g/mol. The van der Waals surface area contributed by atoms with Gasteiger partial charge in [0.2, 0.25) is 0 Å². The van der Waals surface area contributed by atoms with Crippen LogP contribution in [0.4, 0.5) is 0 Å². The fourth-order valence-corrected chi connectivity index (χ4v) is 1.65. The second kappa shape index (κ2) is 4.78. The number of allylic oxidation sites excluding steroid dienone is 1. The van der Waals surface area contributed by atoms with Crippen molar-refractivity contribution in [2.45, 2.75) is 27.2 Å². The van der Waals surface area contributed by atoms with Gasteiger partial charge in [0.1, 0.15) is 5.75 Å². The van der Waals surface area contributed by atoms with E-state index in [1.807, 2.05) is 32.1 Å². The van der Waals surface area contributed by atoms with Crippen LogP contribution in [0.5, 0.6) is 5.75 Å². The molecule has 0 radical (unpaired) electrons. The summed E-state index contributed by atoms with van der Waals surface area (Å²) in [5.41, 5.74) is 2.04. The predicted molar refractivity (Wildman–Crippen MR) is 62.2 cm³/mol. The first-order valence-corrected chi connectivity index (χ1v) is 5.10. The Bertz CT molecular complexity index is 403. The molecule has 0 saturated heterocycles. The van der Waals surface area contributed by atoms with Crippen LogP contribution in [0.15, 0.2) is 18.2 Å². The van der Waals surface area contributed by atoms with E-state index in [4.69, 9.17) is 0 Å². The molecule has 1 aromatic rings. The van der Waals surface area contributed by atoms with Crippen molar-refractivity contribution in [3.05, 3.63) is 34.9 Å². The normalized spacial score (nSPS) is 10.9. The van der Waals surface area contributed by atoms with Gasteiger partial charge in [0.05, 0.1) is 5.56 Å². The number of phenolic OH excluding ortho intramolecular Hbond substituents is 1. The van der Waals surface area contributed by atoms with Gasteiger partial charge in [-0.1, -0.05) is 31.2 Å². The molecule has 0 heterocycles. The Labute approximate surface area is 90.3 Å². The van der Waals surface area contributed by atoms with Crippen LogP contribution in [0.3, 0.4) is 0 Å². The SMILES string of the molecule is C/C=C/c1ccc(CC)c(C(C)=O)c1O. The molecule has 2 nitrogen and oxygen atoms in total. The molecule has 0 aromatic heterocycles. The van der Waals surface area contributed by atoms with E-state index >= 15 is 0 Å². The Morgan fingerprint density at radius 1 is 1.47 bits per heavy atom. The maximum Gasteiger partial charge on any atom is 0.163 e. The first-order valence-electron chi connectivity index (χ1n) is 5.10. The number of benzene rings is 1. The van der Waals surface area contributed by atoms with Gasteiger partial charge in [-0.05, 0) is 25.8 Å². The Balaban J connectivity index is 3.42. The largest absolute Gasteiger partial charge is 0.507 e. The molecule has 0 amide bonds. The van der Waals surface area contributed by atoms with E-state index < -0.39 is 0 Å². The minimum Gasteiger partial charge on any atom is -0.507 e. The van der Waals surface area contributed by atoms with Crippen LogP contribution in [0, 0.1) is 0 Å². The van der Waals surface area contributed by atoms with Crippen molar-refractivity contribution in [3.8, 4) is 5.75 Å². The number of ketones is 1. The Kier molecular flexibility index (Phi) is 3.67. The van der Waals surface area contributed by atoms with Gasteiger partial charge >= 0.3 is 0 Å². The maximum absolute atomic E-state index is 11.4. The average molecular weight is 204 g/mol. The van der Waals surface area contributed by atoms with Crippen LogP contribution in [0.25, 0.3) is 6.08 Å². The average Bonchev–Trinajstić information content (AvgIpc) is 2.20. The van der Waals surface area contributed by atoms with Gasteiger partial charge in [0.15, 0.2) is 5.78 Å². The Morgan fingerprint density at radius 2 is 2.13 bits per heavy atom. The number of hydrogen-bond acceptors (Lipinski definition) is 2. The van der Waals surface area contributed by atoms with E-state index in [0.29, 0.717) is 11.1 Å². The number of carbonyl (C=O) groups excluding carboxylic acids is 1. The third-order valence-electron chi connectivity index (χ3n) is 2.37. The van der Waals surface area contributed by atoms with Crippen LogP contribution in [0.1, 0.15) is 42.3 Å². The molecule has 1 aromatic carbocycles. The van der Waals surface area contributed by atoms with Gasteiger partial charge in [-0.15, -0.1) is 0 Å². The lowest BCUT2D eigenvalue weighted by Gasteiger charge is -2.09. The summed E-state index contributed by atoms with van der Waals surface area (Å²) in [6.45, 7) is 5.32. The highest BCUT2D eigenvalue weighted by Gasteiger charge is 2.13. The molecule has 0 aliphatic heterocycles. The molecule has 0 atom stereocenters. The molecule has 0 spiro atoms. The van der Waals surface area contributed by atoms with Crippen molar-refractivity contribution < 1.29 is 9.90 Å². The van der Waals surface area contributed by atoms with Crippen molar-refractivity contribution in [2.75, 3.05) is 0 Å². The minimum absolute atomic E-state index is 0.0873. The Morgan fingerprint density at radius 3 is 2.60 bits per heavy atom. The summed E-state index contributed by atoms with van der Waals surface area (Å²) in [4.78, 5) is 11.4. The smallest absolute Gasteiger partial charge is 0.163 e. The number of aromatic hydroxyl groups is 1. The topological polar surface area (TPSA) is 37.3 Å². The van der Waals surface area contributed by atoms with E-state index in [2.05, 4.69) is 0 Å². The number of carbonyl (C=O) groups is 1. The minimum atomic E-state index is -0.0873. The van der Waals surface area contributed by atoms with E-state index in [-0.39, 0.29) is 11.5 Å². The summed E-state index contributed by atoms with van der Waals surface area (Å²) in [5, 5.41) is 9.93. The second-order valence-corrected chi connectivity index (χ2v) is 3.45. The number of Topliss-reactive ketones (excluding diaryl/α,β-unsaturated/α-hetero) is 1. The van der Waals surface area contributed by atoms with Crippen molar-refractivity contribution in [3.63, 3.8) is 0 Å². The summed E-state index contributed by atoms with van der Waals surface area (Å²) >= 11 is 0. The molecule has 0 aliphatic carbocycles. The second-order valence-electron chi connectivity index (χ2n) is 3.45. The van der Waals surface area contributed by atoms with Gasteiger partial charge in [-0.3, -0.25) is 4.79 Å². The lowest BCUT2D eigenvalue weighted by Crippen LogP contribution is -2.00. The predicted octanol–water partition coefficient (Wildman–Crippen LogP) is 3.19. The van der Waals surface area contributed by atoms with Crippen LogP contribution in [-0.2, 0) is 6.42 Å². The number of rotatable bonds is 3. The summed E-state index contributed by atoms with van der Waals surface area (Å²) in [5.74, 6) is 0.00986. The molecular formula is C13H16O2. The quantitative estimate of drug-likeness (QED) is 0.768. The molecule has 1 N–H and O–H groups in total. The molecule has 0 unspecified atom stereocenters. The molecule has 2 heteroatoms. The zero-order valence-corrected chi connectivity index (χ0v) is 9.37. The number of phenols is 1. The first kappa shape index (κ1) is 11.5. The monoisotopic (exact) mass is 204 g/mol. The molecule has 0 fully saturated rings.